The SMILES string of the molecule is O=C(CCCCO)NCC1CC1. The van der Waals surface area contributed by atoms with Crippen molar-refractivity contribution in [1.82, 2.24) is 5.32 Å². The van der Waals surface area contributed by atoms with Crippen LogP contribution >= 0.6 is 0 Å². The van der Waals surface area contributed by atoms with Gasteiger partial charge in [-0.25, -0.2) is 0 Å². The van der Waals surface area contributed by atoms with Gasteiger partial charge >= 0.3 is 0 Å². The van der Waals surface area contributed by atoms with Gasteiger partial charge < -0.3 is 10.4 Å². The molecule has 2 N–H and O–H groups in total. The van der Waals surface area contributed by atoms with Crippen LogP contribution in [0.25, 0.3) is 0 Å². The van der Waals surface area contributed by atoms with Crippen LogP contribution in [0.2, 0.25) is 0 Å². The van der Waals surface area contributed by atoms with E-state index >= 15 is 0 Å². The molecular weight excluding hydrogens is 154 g/mol. The predicted molar refractivity (Wildman–Crippen MR) is 46.7 cm³/mol. The molecule has 0 atom stereocenters. The summed E-state index contributed by atoms with van der Waals surface area (Å²) < 4.78 is 0. The molecule has 0 radical (unpaired) electrons. The summed E-state index contributed by atoms with van der Waals surface area (Å²) in [4.78, 5) is 11.1. The molecule has 3 nitrogen and oxygen atoms in total. The van der Waals surface area contributed by atoms with Crippen LogP contribution in [0.15, 0.2) is 0 Å². The van der Waals surface area contributed by atoms with Crippen molar-refractivity contribution in [3.8, 4) is 0 Å². The highest BCUT2D eigenvalue weighted by Crippen LogP contribution is 2.27. The zero-order valence-corrected chi connectivity index (χ0v) is 7.38. The third kappa shape index (κ3) is 4.34. The smallest absolute Gasteiger partial charge is 0.220 e. The quantitative estimate of drug-likeness (QED) is 0.577. The third-order valence-electron chi connectivity index (χ3n) is 2.10. The van der Waals surface area contributed by atoms with Gasteiger partial charge in [0.25, 0.3) is 0 Å². The first-order valence-corrected chi connectivity index (χ1v) is 4.70. The van der Waals surface area contributed by atoms with Crippen LogP contribution in [-0.4, -0.2) is 24.2 Å². The fraction of sp³-hybridized carbons (Fsp3) is 0.889. The highest BCUT2D eigenvalue weighted by Gasteiger charge is 2.21. The van der Waals surface area contributed by atoms with E-state index < -0.39 is 0 Å². The summed E-state index contributed by atoms with van der Waals surface area (Å²) >= 11 is 0. The average molecular weight is 171 g/mol. The summed E-state index contributed by atoms with van der Waals surface area (Å²) in [6.07, 6.45) is 4.64. The molecule has 12 heavy (non-hydrogen) atoms. The van der Waals surface area contributed by atoms with Gasteiger partial charge in [-0.2, -0.15) is 0 Å². The number of unbranched alkanes of at least 4 members (excludes halogenated alkanes) is 1. The first-order valence-electron chi connectivity index (χ1n) is 4.70. The van der Waals surface area contributed by atoms with E-state index in [2.05, 4.69) is 5.32 Å². The van der Waals surface area contributed by atoms with Gasteiger partial charge in [-0.1, -0.05) is 0 Å². The summed E-state index contributed by atoms with van der Waals surface area (Å²) in [5, 5.41) is 11.4. The number of rotatable bonds is 6. The van der Waals surface area contributed by atoms with Gasteiger partial charge in [0.05, 0.1) is 0 Å². The Hall–Kier alpha value is -0.570. The Labute approximate surface area is 73.2 Å². The second-order valence-electron chi connectivity index (χ2n) is 3.43. The average Bonchev–Trinajstić information content (AvgIpc) is 2.84. The zero-order valence-electron chi connectivity index (χ0n) is 7.38. The minimum absolute atomic E-state index is 0.135. The van der Waals surface area contributed by atoms with Crippen LogP contribution in [0, 0.1) is 5.92 Å². The Kier molecular flexibility index (Phi) is 4.08. The van der Waals surface area contributed by atoms with E-state index in [0.717, 1.165) is 25.3 Å². The Morgan fingerprint density at radius 1 is 1.42 bits per heavy atom. The fourth-order valence-corrected chi connectivity index (χ4v) is 1.07. The van der Waals surface area contributed by atoms with E-state index in [9.17, 15) is 4.79 Å². The van der Waals surface area contributed by atoms with Crippen molar-refractivity contribution in [2.45, 2.75) is 32.1 Å². The number of hydrogen-bond acceptors (Lipinski definition) is 2. The second kappa shape index (κ2) is 5.14. The molecule has 1 aliphatic carbocycles. The first-order chi connectivity index (χ1) is 5.83. The molecule has 0 heterocycles. The van der Waals surface area contributed by atoms with Gasteiger partial charge in [0.2, 0.25) is 5.91 Å². The van der Waals surface area contributed by atoms with Crippen LogP contribution in [0.4, 0.5) is 0 Å². The number of carbonyl (C=O) groups is 1. The molecule has 1 saturated carbocycles. The number of aliphatic hydroxyl groups is 1. The summed E-state index contributed by atoms with van der Waals surface area (Å²) in [6, 6.07) is 0. The van der Waals surface area contributed by atoms with E-state index in [-0.39, 0.29) is 12.5 Å². The van der Waals surface area contributed by atoms with Crippen molar-refractivity contribution in [3.63, 3.8) is 0 Å². The van der Waals surface area contributed by atoms with Crippen molar-refractivity contribution in [3.05, 3.63) is 0 Å². The van der Waals surface area contributed by atoms with Crippen LogP contribution in [0.5, 0.6) is 0 Å². The topological polar surface area (TPSA) is 49.3 Å². The molecule has 0 aliphatic heterocycles. The molecule has 1 amide bonds. The molecule has 1 fully saturated rings. The molecule has 1 aliphatic rings. The second-order valence-corrected chi connectivity index (χ2v) is 3.43. The van der Waals surface area contributed by atoms with Crippen molar-refractivity contribution >= 4 is 5.91 Å². The van der Waals surface area contributed by atoms with E-state index in [1.54, 1.807) is 0 Å². The van der Waals surface area contributed by atoms with E-state index in [1.807, 2.05) is 0 Å². The van der Waals surface area contributed by atoms with Gasteiger partial charge in [0.15, 0.2) is 0 Å². The number of aliphatic hydroxyl groups excluding tert-OH is 1. The Balaban J connectivity index is 1.88. The number of amides is 1. The minimum Gasteiger partial charge on any atom is -0.396 e. The van der Waals surface area contributed by atoms with Crippen LogP contribution in [0.1, 0.15) is 32.1 Å². The molecule has 0 aromatic rings. The maximum atomic E-state index is 11.1. The maximum Gasteiger partial charge on any atom is 0.220 e. The van der Waals surface area contributed by atoms with Crippen molar-refractivity contribution in [2.24, 2.45) is 5.92 Å². The van der Waals surface area contributed by atoms with Gasteiger partial charge in [0, 0.05) is 19.6 Å². The van der Waals surface area contributed by atoms with E-state index in [1.165, 1.54) is 12.8 Å². The summed E-state index contributed by atoms with van der Waals surface area (Å²) in [5.41, 5.74) is 0. The van der Waals surface area contributed by atoms with Crippen LogP contribution in [0.3, 0.4) is 0 Å². The predicted octanol–water partition coefficient (Wildman–Crippen LogP) is 0.675. The lowest BCUT2D eigenvalue weighted by Crippen LogP contribution is -2.25. The zero-order chi connectivity index (χ0) is 8.81. The maximum absolute atomic E-state index is 11.1. The lowest BCUT2D eigenvalue weighted by molar-refractivity contribution is -0.121. The molecule has 0 spiro atoms. The molecule has 1 rings (SSSR count). The third-order valence-corrected chi connectivity index (χ3v) is 2.10. The molecule has 0 unspecified atom stereocenters. The Morgan fingerprint density at radius 2 is 2.17 bits per heavy atom. The van der Waals surface area contributed by atoms with Crippen molar-refractivity contribution in [2.75, 3.05) is 13.2 Å². The summed E-state index contributed by atoms with van der Waals surface area (Å²) in [6.45, 7) is 1.05. The normalized spacial score (nSPS) is 16.1. The monoisotopic (exact) mass is 171 g/mol. The number of hydrogen-bond donors (Lipinski definition) is 2. The Morgan fingerprint density at radius 3 is 2.75 bits per heavy atom. The lowest BCUT2D eigenvalue weighted by atomic mass is 10.2. The first kappa shape index (κ1) is 9.52. The van der Waals surface area contributed by atoms with Gasteiger partial charge in [-0.3, -0.25) is 4.79 Å². The Bertz CT molecular complexity index is 143. The van der Waals surface area contributed by atoms with Crippen molar-refractivity contribution in [1.29, 1.82) is 0 Å². The van der Waals surface area contributed by atoms with E-state index in [4.69, 9.17) is 5.11 Å². The summed E-state index contributed by atoms with van der Waals surface area (Å²) in [7, 11) is 0. The standard InChI is InChI=1S/C9H17NO2/c11-6-2-1-3-9(12)10-7-8-4-5-8/h8,11H,1-7H2,(H,10,12). The van der Waals surface area contributed by atoms with Gasteiger partial charge in [-0.05, 0) is 31.6 Å². The molecule has 70 valence electrons. The highest BCUT2D eigenvalue weighted by atomic mass is 16.2. The van der Waals surface area contributed by atoms with Gasteiger partial charge in [0.1, 0.15) is 0 Å². The minimum atomic E-state index is 0.135. The molecule has 0 aromatic heterocycles. The van der Waals surface area contributed by atoms with Crippen LogP contribution < -0.4 is 5.32 Å². The highest BCUT2D eigenvalue weighted by molar-refractivity contribution is 5.75. The van der Waals surface area contributed by atoms with Gasteiger partial charge in [-0.15, -0.1) is 0 Å². The van der Waals surface area contributed by atoms with Crippen molar-refractivity contribution < 1.29 is 9.90 Å². The number of carbonyl (C=O) groups excluding carboxylic acids is 1. The molecule has 0 aromatic carbocycles. The molecule has 0 saturated heterocycles. The largest absolute Gasteiger partial charge is 0.396 e. The number of nitrogens with one attached hydrogen (secondary N) is 1. The van der Waals surface area contributed by atoms with Crippen LogP contribution in [-0.2, 0) is 4.79 Å². The van der Waals surface area contributed by atoms with E-state index in [0.29, 0.717) is 6.42 Å². The molecule has 3 heteroatoms. The molecule has 0 bridgehead atoms. The lowest BCUT2D eigenvalue weighted by Gasteiger charge is -2.02. The summed E-state index contributed by atoms with van der Waals surface area (Å²) in [5.74, 6) is 0.891. The fourth-order valence-electron chi connectivity index (χ4n) is 1.07. The molecular formula is C9H17NO2.